The van der Waals surface area contributed by atoms with E-state index in [1.54, 1.807) is 11.3 Å². The summed E-state index contributed by atoms with van der Waals surface area (Å²) in [4.78, 5) is 4.78. The zero-order valence-electron chi connectivity index (χ0n) is 13.5. The van der Waals surface area contributed by atoms with Crippen LogP contribution in [0.3, 0.4) is 0 Å². The lowest BCUT2D eigenvalue weighted by atomic mass is 10.0. The molecule has 2 nitrogen and oxygen atoms in total. The first-order valence-electron chi connectivity index (χ1n) is 7.69. The summed E-state index contributed by atoms with van der Waals surface area (Å²) >= 11 is 1.78. The van der Waals surface area contributed by atoms with Gasteiger partial charge in [0.2, 0.25) is 0 Å². The predicted molar refractivity (Wildman–Crippen MR) is 92.8 cm³/mol. The molecule has 21 heavy (non-hydrogen) atoms. The predicted octanol–water partition coefficient (Wildman–Crippen LogP) is 4.77. The SMILES string of the molecule is CC(CCNC(C)(C)C)Cc1nc(-c2ccccc2)cs1. The molecule has 0 amide bonds. The van der Waals surface area contributed by atoms with Crippen LogP contribution in [0.2, 0.25) is 0 Å². The Morgan fingerprint density at radius 2 is 1.90 bits per heavy atom. The van der Waals surface area contributed by atoms with Crippen molar-refractivity contribution in [3.63, 3.8) is 0 Å². The van der Waals surface area contributed by atoms with E-state index >= 15 is 0 Å². The van der Waals surface area contributed by atoms with Gasteiger partial charge in [-0.15, -0.1) is 11.3 Å². The maximum Gasteiger partial charge on any atom is 0.0935 e. The minimum absolute atomic E-state index is 0.210. The number of hydrogen-bond acceptors (Lipinski definition) is 3. The van der Waals surface area contributed by atoms with E-state index in [1.807, 2.05) is 6.07 Å². The molecule has 114 valence electrons. The van der Waals surface area contributed by atoms with Crippen LogP contribution in [-0.2, 0) is 6.42 Å². The minimum atomic E-state index is 0.210. The van der Waals surface area contributed by atoms with Crippen LogP contribution >= 0.6 is 11.3 Å². The maximum atomic E-state index is 4.78. The smallest absolute Gasteiger partial charge is 0.0935 e. The van der Waals surface area contributed by atoms with Crippen LogP contribution in [0, 0.1) is 5.92 Å². The van der Waals surface area contributed by atoms with Gasteiger partial charge in [-0.25, -0.2) is 4.98 Å². The number of thiazole rings is 1. The summed E-state index contributed by atoms with van der Waals surface area (Å²) in [5.41, 5.74) is 2.53. The van der Waals surface area contributed by atoms with Gasteiger partial charge < -0.3 is 5.32 Å². The molecule has 2 aromatic rings. The van der Waals surface area contributed by atoms with E-state index in [0.717, 1.165) is 18.7 Å². The number of aromatic nitrogens is 1. The van der Waals surface area contributed by atoms with Gasteiger partial charge in [0.15, 0.2) is 0 Å². The molecule has 0 saturated heterocycles. The lowest BCUT2D eigenvalue weighted by Crippen LogP contribution is -2.37. The van der Waals surface area contributed by atoms with Crippen molar-refractivity contribution in [3.8, 4) is 11.3 Å². The van der Waals surface area contributed by atoms with Crippen molar-refractivity contribution in [2.75, 3.05) is 6.54 Å². The molecule has 0 aliphatic carbocycles. The van der Waals surface area contributed by atoms with Gasteiger partial charge in [0.25, 0.3) is 0 Å². The van der Waals surface area contributed by atoms with Crippen LogP contribution in [-0.4, -0.2) is 17.1 Å². The number of nitrogens with zero attached hydrogens (tertiary/aromatic N) is 1. The second kappa shape index (κ2) is 7.19. The lowest BCUT2D eigenvalue weighted by molar-refractivity contribution is 0.394. The van der Waals surface area contributed by atoms with Crippen LogP contribution in [0.15, 0.2) is 35.7 Å². The Kier molecular flexibility index (Phi) is 5.54. The monoisotopic (exact) mass is 302 g/mol. The molecule has 2 rings (SSSR count). The van der Waals surface area contributed by atoms with E-state index < -0.39 is 0 Å². The molecule has 0 aliphatic rings. The minimum Gasteiger partial charge on any atom is -0.312 e. The van der Waals surface area contributed by atoms with Crippen LogP contribution < -0.4 is 5.32 Å². The summed E-state index contributed by atoms with van der Waals surface area (Å²) in [5, 5.41) is 6.97. The first-order valence-corrected chi connectivity index (χ1v) is 8.57. The van der Waals surface area contributed by atoms with Crippen LogP contribution in [0.4, 0.5) is 0 Å². The third kappa shape index (κ3) is 5.60. The third-order valence-corrected chi connectivity index (χ3v) is 4.31. The number of hydrogen-bond donors (Lipinski definition) is 1. The van der Waals surface area contributed by atoms with Crippen LogP contribution in [0.1, 0.15) is 39.1 Å². The fourth-order valence-corrected chi connectivity index (χ4v) is 3.21. The summed E-state index contributed by atoms with van der Waals surface area (Å²) in [6.45, 7) is 10.0. The average molecular weight is 302 g/mol. The molecule has 0 spiro atoms. The summed E-state index contributed by atoms with van der Waals surface area (Å²) in [6, 6.07) is 10.4. The second-order valence-corrected chi connectivity index (χ2v) is 7.71. The highest BCUT2D eigenvalue weighted by atomic mass is 32.1. The fraction of sp³-hybridized carbons (Fsp3) is 0.500. The van der Waals surface area contributed by atoms with Crippen LogP contribution in [0.25, 0.3) is 11.3 Å². The molecule has 1 atom stereocenters. The van der Waals surface area contributed by atoms with Crippen molar-refractivity contribution >= 4 is 11.3 Å². The zero-order valence-corrected chi connectivity index (χ0v) is 14.3. The van der Waals surface area contributed by atoms with E-state index in [9.17, 15) is 0 Å². The molecule has 1 aromatic heterocycles. The molecular formula is C18H26N2S. The van der Waals surface area contributed by atoms with Crippen molar-refractivity contribution in [3.05, 3.63) is 40.7 Å². The molecule has 1 unspecified atom stereocenters. The molecular weight excluding hydrogens is 276 g/mol. The molecule has 0 bridgehead atoms. The molecule has 0 radical (unpaired) electrons. The van der Waals surface area contributed by atoms with Gasteiger partial charge in [-0.2, -0.15) is 0 Å². The van der Waals surface area contributed by atoms with Gasteiger partial charge in [0.1, 0.15) is 0 Å². The highest BCUT2D eigenvalue weighted by Crippen LogP contribution is 2.23. The van der Waals surface area contributed by atoms with Gasteiger partial charge in [-0.3, -0.25) is 0 Å². The topological polar surface area (TPSA) is 24.9 Å². The van der Waals surface area contributed by atoms with Gasteiger partial charge in [-0.1, -0.05) is 37.3 Å². The lowest BCUT2D eigenvalue weighted by Gasteiger charge is -2.21. The Bertz CT molecular complexity index is 540. The Morgan fingerprint density at radius 1 is 1.19 bits per heavy atom. The summed E-state index contributed by atoms with van der Waals surface area (Å²) in [7, 11) is 0. The molecule has 0 saturated carbocycles. The number of benzene rings is 1. The van der Waals surface area contributed by atoms with E-state index in [4.69, 9.17) is 4.98 Å². The van der Waals surface area contributed by atoms with Gasteiger partial charge in [0.05, 0.1) is 10.7 Å². The first kappa shape index (κ1) is 16.2. The zero-order chi connectivity index (χ0) is 15.3. The largest absolute Gasteiger partial charge is 0.312 e. The van der Waals surface area contributed by atoms with E-state index in [2.05, 4.69) is 62.7 Å². The summed E-state index contributed by atoms with van der Waals surface area (Å²) in [5.74, 6) is 0.662. The third-order valence-electron chi connectivity index (χ3n) is 3.44. The molecule has 1 aromatic carbocycles. The quantitative estimate of drug-likeness (QED) is 0.831. The molecule has 1 heterocycles. The summed E-state index contributed by atoms with van der Waals surface area (Å²) in [6.07, 6.45) is 2.26. The fourth-order valence-electron chi connectivity index (χ4n) is 2.24. The van der Waals surface area contributed by atoms with Crippen molar-refractivity contribution in [2.45, 2.75) is 46.1 Å². The first-order chi connectivity index (χ1) is 9.94. The Balaban J connectivity index is 1.85. The van der Waals surface area contributed by atoms with Gasteiger partial charge in [-0.05, 0) is 39.7 Å². The van der Waals surface area contributed by atoms with Crippen molar-refractivity contribution < 1.29 is 0 Å². The molecule has 1 N–H and O–H groups in total. The number of rotatable bonds is 6. The average Bonchev–Trinajstić information content (AvgIpc) is 2.86. The molecule has 0 fully saturated rings. The maximum absolute atomic E-state index is 4.78. The van der Waals surface area contributed by atoms with E-state index in [-0.39, 0.29) is 5.54 Å². The van der Waals surface area contributed by atoms with Crippen molar-refractivity contribution in [1.82, 2.24) is 10.3 Å². The molecule has 0 aliphatic heterocycles. The normalized spacial score (nSPS) is 13.3. The van der Waals surface area contributed by atoms with Gasteiger partial charge >= 0.3 is 0 Å². The van der Waals surface area contributed by atoms with Gasteiger partial charge in [0, 0.05) is 22.9 Å². The highest BCUT2D eigenvalue weighted by molar-refractivity contribution is 7.09. The Labute approximate surface area is 132 Å². The summed E-state index contributed by atoms with van der Waals surface area (Å²) < 4.78 is 0. The van der Waals surface area contributed by atoms with Crippen LogP contribution in [0.5, 0.6) is 0 Å². The Hall–Kier alpha value is -1.19. The van der Waals surface area contributed by atoms with E-state index in [1.165, 1.54) is 17.0 Å². The standard InChI is InChI=1S/C18H26N2S/c1-14(10-11-19-18(2,3)4)12-17-20-16(13-21-17)15-8-6-5-7-9-15/h5-9,13-14,19H,10-12H2,1-4H3. The highest BCUT2D eigenvalue weighted by Gasteiger charge is 2.11. The van der Waals surface area contributed by atoms with Crippen molar-refractivity contribution in [2.24, 2.45) is 5.92 Å². The molecule has 3 heteroatoms. The number of nitrogens with one attached hydrogen (secondary N) is 1. The van der Waals surface area contributed by atoms with Crippen molar-refractivity contribution in [1.29, 1.82) is 0 Å². The Morgan fingerprint density at radius 3 is 2.57 bits per heavy atom. The van der Waals surface area contributed by atoms with E-state index in [0.29, 0.717) is 5.92 Å². The second-order valence-electron chi connectivity index (χ2n) is 6.77.